The molecule has 5 heteroatoms. The molecule has 1 atom stereocenters. The maximum absolute atomic E-state index is 12.0. The van der Waals surface area contributed by atoms with E-state index in [0.29, 0.717) is 13.1 Å². The second kappa shape index (κ2) is 6.14. The van der Waals surface area contributed by atoms with E-state index < -0.39 is 10.0 Å². The van der Waals surface area contributed by atoms with Crippen LogP contribution in [0.25, 0.3) is 0 Å². The Labute approximate surface area is 103 Å². The van der Waals surface area contributed by atoms with Gasteiger partial charge in [-0.3, -0.25) is 0 Å². The molecule has 0 fully saturated rings. The second-order valence-electron chi connectivity index (χ2n) is 4.17. The van der Waals surface area contributed by atoms with E-state index in [1.165, 1.54) is 4.31 Å². The van der Waals surface area contributed by atoms with Crippen molar-refractivity contribution in [2.24, 2.45) is 5.73 Å². The second-order valence-corrected chi connectivity index (χ2v) is 6.18. The van der Waals surface area contributed by atoms with Crippen molar-refractivity contribution in [3.8, 4) is 0 Å². The van der Waals surface area contributed by atoms with Gasteiger partial charge in [-0.25, -0.2) is 8.42 Å². The van der Waals surface area contributed by atoms with E-state index in [4.69, 9.17) is 5.73 Å². The van der Waals surface area contributed by atoms with E-state index in [2.05, 4.69) is 0 Å². The molecule has 0 heterocycles. The Hall–Kier alpha value is -0.910. The summed E-state index contributed by atoms with van der Waals surface area (Å²) in [6.07, 6.45) is 0. The van der Waals surface area contributed by atoms with Crippen LogP contribution in [0.5, 0.6) is 0 Å². The molecule has 0 saturated heterocycles. The Balaban J connectivity index is 2.79. The first kappa shape index (κ1) is 14.2. The fourth-order valence-corrected chi connectivity index (χ4v) is 3.25. The van der Waals surface area contributed by atoms with Crippen LogP contribution < -0.4 is 5.73 Å². The molecule has 4 nitrogen and oxygen atoms in total. The molecule has 0 amide bonds. The number of hydrogen-bond donors (Lipinski definition) is 1. The molecule has 0 spiro atoms. The zero-order chi connectivity index (χ0) is 12.9. The van der Waals surface area contributed by atoms with Crippen molar-refractivity contribution in [1.82, 2.24) is 4.31 Å². The van der Waals surface area contributed by atoms with E-state index in [1.54, 1.807) is 6.92 Å². The number of benzene rings is 1. The summed E-state index contributed by atoms with van der Waals surface area (Å²) in [5.41, 5.74) is 6.55. The Kier molecular flexibility index (Phi) is 5.11. The highest BCUT2D eigenvalue weighted by molar-refractivity contribution is 7.89. The molecular formula is C12H20N2O2S. The molecule has 0 bridgehead atoms. The highest BCUT2D eigenvalue weighted by Crippen LogP contribution is 2.10. The third-order valence-corrected chi connectivity index (χ3v) is 4.54. The average Bonchev–Trinajstić information content (AvgIpc) is 2.25. The summed E-state index contributed by atoms with van der Waals surface area (Å²) < 4.78 is 25.5. The van der Waals surface area contributed by atoms with Gasteiger partial charge in [-0.05, 0) is 12.5 Å². The fourth-order valence-electron chi connectivity index (χ4n) is 1.63. The number of sulfonamides is 1. The molecular weight excluding hydrogens is 236 g/mol. The number of hydrogen-bond acceptors (Lipinski definition) is 3. The van der Waals surface area contributed by atoms with Gasteiger partial charge in [-0.1, -0.05) is 37.3 Å². The van der Waals surface area contributed by atoms with E-state index in [9.17, 15) is 8.42 Å². The van der Waals surface area contributed by atoms with Crippen molar-refractivity contribution in [3.63, 3.8) is 0 Å². The molecule has 0 radical (unpaired) electrons. The van der Waals surface area contributed by atoms with Gasteiger partial charge in [0.15, 0.2) is 0 Å². The predicted molar refractivity (Wildman–Crippen MR) is 70.0 cm³/mol. The molecule has 1 unspecified atom stereocenters. The van der Waals surface area contributed by atoms with Crippen LogP contribution in [0.15, 0.2) is 30.3 Å². The molecule has 1 rings (SSSR count). The van der Waals surface area contributed by atoms with E-state index >= 15 is 0 Å². The lowest BCUT2D eigenvalue weighted by atomic mass is 10.2. The first-order valence-electron chi connectivity index (χ1n) is 5.73. The van der Waals surface area contributed by atoms with Crippen LogP contribution in [0, 0.1) is 0 Å². The van der Waals surface area contributed by atoms with Crippen LogP contribution in [0.2, 0.25) is 0 Å². The van der Waals surface area contributed by atoms with Crippen LogP contribution in [0.1, 0.15) is 19.4 Å². The topological polar surface area (TPSA) is 63.4 Å². The molecule has 17 heavy (non-hydrogen) atoms. The first-order chi connectivity index (χ1) is 7.95. The number of nitrogens with zero attached hydrogens (tertiary/aromatic N) is 1. The van der Waals surface area contributed by atoms with Crippen molar-refractivity contribution in [1.29, 1.82) is 0 Å². The SMILES string of the molecule is CCN(Cc1ccccc1)S(=O)(=O)CC(C)N. The molecule has 0 aliphatic heterocycles. The van der Waals surface area contributed by atoms with Gasteiger partial charge in [-0.2, -0.15) is 4.31 Å². The number of rotatable bonds is 6. The summed E-state index contributed by atoms with van der Waals surface area (Å²) in [6, 6.07) is 9.22. The lowest BCUT2D eigenvalue weighted by molar-refractivity contribution is 0.421. The van der Waals surface area contributed by atoms with Crippen molar-refractivity contribution < 1.29 is 8.42 Å². The quantitative estimate of drug-likeness (QED) is 0.831. The van der Waals surface area contributed by atoms with Crippen molar-refractivity contribution in [3.05, 3.63) is 35.9 Å². The van der Waals surface area contributed by atoms with Gasteiger partial charge in [0.05, 0.1) is 5.75 Å². The summed E-state index contributed by atoms with van der Waals surface area (Å²) >= 11 is 0. The summed E-state index contributed by atoms with van der Waals surface area (Å²) in [6.45, 7) is 4.41. The van der Waals surface area contributed by atoms with Gasteiger partial charge in [0.1, 0.15) is 0 Å². The maximum Gasteiger partial charge on any atom is 0.215 e. The molecule has 0 aromatic heterocycles. The molecule has 2 N–H and O–H groups in total. The standard InChI is InChI=1S/C12H20N2O2S/c1-3-14(17(15,16)10-11(2)13)9-12-7-5-4-6-8-12/h4-8,11H,3,9-10,13H2,1-2H3. The molecule has 1 aromatic carbocycles. The summed E-state index contributed by atoms with van der Waals surface area (Å²) in [7, 11) is -3.26. The Morgan fingerprint density at radius 3 is 2.35 bits per heavy atom. The van der Waals surface area contributed by atoms with Gasteiger partial charge in [0.25, 0.3) is 0 Å². The minimum atomic E-state index is -3.26. The number of nitrogens with two attached hydrogens (primary N) is 1. The minimum Gasteiger partial charge on any atom is -0.327 e. The zero-order valence-corrected chi connectivity index (χ0v) is 11.2. The van der Waals surface area contributed by atoms with Gasteiger partial charge in [0, 0.05) is 19.1 Å². The van der Waals surface area contributed by atoms with E-state index in [-0.39, 0.29) is 11.8 Å². The maximum atomic E-state index is 12.0. The molecule has 96 valence electrons. The Bertz CT molecular complexity index is 429. The van der Waals surface area contributed by atoms with Gasteiger partial charge >= 0.3 is 0 Å². The first-order valence-corrected chi connectivity index (χ1v) is 7.34. The lowest BCUT2D eigenvalue weighted by Crippen LogP contribution is -2.38. The average molecular weight is 256 g/mol. The van der Waals surface area contributed by atoms with Crippen molar-refractivity contribution >= 4 is 10.0 Å². The summed E-state index contributed by atoms with van der Waals surface area (Å²) in [4.78, 5) is 0. The smallest absolute Gasteiger partial charge is 0.215 e. The normalized spacial score (nSPS) is 13.9. The third kappa shape index (κ3) is 4.46. The highest BCUT2D eigenvalue weighted by Gasteiger charge is 2.21. The largest absolute Gasteiger partial charge is 0.327 e. The van der Waals surface area contributed by atoms with Gasteiger partial charge in [0.2, 0.25) is 10.0 Å². The van der Waals surface area contributed by atoms with E-state index in [0.717, 1.165) is 5.56 Å². The zero-order valence-electron chi connectivity index (χ0n) is 10.3. The van der Waals surface area contributed by atoms with Crippen molar-refractivity contribution in [2.45, 2.75) is 26.4 Å². The van der Waals surface area contributed by atoms with Gasteiger partial charge in [-0.15, -0.1) is 0 Å². The third-order valence-electron chi connectivity index (χ3n) is 2.42. The lowest BCUT2D eigenvalue weighted by Gasteiger charge is -2.21. The van der Waals surface area contributed by atoms with Crippen LogP contribution in [-0.2, 0) is 16.6 Å². The molecule has 1 aromatic rings. The summed E-state index contributed by atoms with van der Waals surface area (Å²) in [5.74, 6) is -0.00628. The van der Waals surface area contributed by atoms with Crippen LogP contribution in [0.3, 0.4) is 0 Å². The molecule has 0 aliphatic rings. The van der Waals surface area contributed by atoms with Crippen molar-refractivity contribution in [2.75, 3.05) is 12.3 Å². The molecule has 0 aliphatic carbocycles. The monoisotopic (exact) mass is 256 g/mol. The highest BCUT2D eigenvalue weighted by atomic mass is 32.2. The van der Waals surface area contributed by atoms with Crippen LogP contribution in [-0.4, -0.2) is 31.1 Å². The fraction of sp³-hybridized carbons (Fsp3) is 0.500. The van der Waals surface area contributed by atoms with Crippen LogP contribution >= 0.6 is 0 Å². The Morgan fingerprint density at radius 2 is 1.88 bits per heavy atom. The summed E-state index contributed by atoms with van der Waals surface area (Å²) in [5, 5.41) is 0. The molecule has 0 saturated carbocycles. The minimum absolute atomic E-state index is 0.00628. The van der Waals surface area contributed by atoms with Gasteiger partial charge < -0.3 is 5.73 Å². The predicted octanol–water partition coefficient (Wildman–Crippen LogP) is 1.19. The van der Waals surface area contributed by atoms with Crippen LogP contribution in [0.4, 0.5) is 0 Å². The Morgan fingerprint density at radius 1 is 1.29 bits per heavy atom. The van der Waals surface area contributed by atoms with E-state index in [1.807, 2.05) is 37.3 Å².